The zero-order valence-corrected chi connectivity index (χ0v) is 17.3. The van der Waals surface area contributed by atoms with E-state index in [1.54, 1.807) is 34.0 Å². The second kappa shape index (κ2) is 7.53. The molecule has 4 heterocycles. The van der Waals surface area contributed by atoms with Crippen LogP contribution in [0.3, 0.4) is 0 Å². The van der Waals surface area contributed by atoms with Crippen LogP contribution in [0, 0.1) is 0 Å². The summed E-state index contributed by atoms with van der Waals surface area (Å²) in [7, 11) is -3.74. The summed E-state index contributed by atoms with van der Waals surface area (Å²) in [5.41, 5.74) is 2.20. The molecule has 1 fully saturated rings. The number of thiophene rings is 1. The zero-order chi connectivity index (χ0) is 19.8. The fourth-order valence-electron chi connectivity index (χ4n) is 4.07. The van der Waals surface area contributed by atoms with Gasteiger partial charge in [0.2, 0.25) is 15.9 Å². The minimum atomic E-state index is -3.74. The molecule has 2 aliphatic rings. The first-order chi connectivity index (χ1) is 14.1. The Balaban J connectivity index is 1.52. The average molecular weight is 428 g/mol. The normalized spacial score (nSPS) is 23.7. The minimum Gasteiger partial charge on any atom is -0.470 e. The van der Waals surface area contributed by atoms with Crippen molar-refractivity contribution < 1.29 is 13.2 Å². The number of likely N-dealkylation sites (tertiary alicyclic amines) is 1. The van der Waals surface area contributed by atoms with Gasteiger partial charge in [0.25, 0.3) is 0 Å². The van der Waals surface area contributed by atoms with Gasteiger partial charge in [-0.1, -0.05) is 30.3 Å². The molecule has 2 aromatic heterocycles. The maximum atomic E-state index is 13.6. The highest BCUT2D eigenvalue weighted by molar-refractivity contribution is 7.89. The van der Waals surface area contributed by atoms with E-state index in [4.69, 9.17) is 4.74 Å². The van der Waals surface area contributed by atoms with Crippen LogP contribution in [-0.4, -0.2) is 47.8 Å². The van der Waals surface area contributed by atoms with Crippen molar-refractivity contribution in [3.63, 3.8) is 0 Å². The average Bonchev–Trinajstić information content (AvgIpc) is 3.36. The second-order valence-electron chi connectivity index (χ2n) is 7.39. The Morgan fingerprint density at radius 1 is 1.03 bits per heavy atom. The number of nitrogens with zero attached hydrogens (tertiary/aromatic N) is 3. The van der Waals surface area contributed by atoms with Gasteiger partial charge in [-0.15, -0.1) is 0 Å². The minimum absolute atomic E-state index is 0.148. The van der Waals surface area contributed by atoms with Gasteiger partial charge >= 0.3 is 0 Å². The molecule has 0 radical (unpaired) electrons. The van der Waals surface area contributed by atoms with E-state index >= 15 is 0 Å². The maximum Gasteiger partial charge on any atom is 0.249 e. The van der Waals surface area contributed by atoms with Crippen LogP contribution >= 0.6 is 11.3 Å². The fourth-order valence-corrected chi connectivity index (χ4v) is 6.43. The molecule has 0 spiro atoms. The third-order valence-corrected chi connectivity index (χ3v) is 8.05. The van der Waals surface area contributed by atoms with Crippen molar-refractivity contribution in [1.29, 1.82) is 0 Å². The quantitative estimate of drug-likeness (QED) is 0.641. The van der Waals surface area contributed by atoms with Crippen LogP contribution in [0.2, 0.25) is 0 Å². The first-order valence-electron chi connectivity index (χ1n) is 9.52. The van der Waals surface area contributed by atoms with Gasteiger partial charge in [0.15, 0.2) is 0 Å². The molecule has 0 unspecified atom stereocenters. The molecule has 29 heavy (non-hydrogen) atoms. The van der Waals surface area contributed by atoms with Gasteiger partial charge in [-0.2, -0.15) is 15.6 Å². The Hall–Kier alpha value is -2.26. The topological polar surface area (TPSA) is 62.7 Å². The Labute approximate surface area is 174 Å². The lowest BCUT2D eigenvalue weighted by atomic mass is 10.1. The van der Waals surface area contributed by atoms with Crippen molar-refractivity contribution in [3.05, 3.63) is 76.6 Å². The zero-order valence-electron chi connectivity index (χ0n) is 15.7. The highest BCUT2D eigenvalue weighted by Gasteiger charge is 2.47. The fraction of sp³-hybridized carbons (Fsp3) is 0.286. The summed E-state index contributed by atoms with van der Waals surface area (Å²) in [4.78, 5) is 6.64. The second-order valence-corrected chi connectivity index (χ2v) is 10.0. The molecule has 5 rings (SSSR count). The number of benzene rings is 1. The van der Waals surface area contributed by atoms with Crippen LogP contribution in [0.1, 0.15) is 11.1 Å². The summed E-state index contributed by atoms with van der Waals surface area (Å²) in [6.45, 7) is 2.39. The molecule has 150 valence electrons. The summed E-state index contributed by atoms with van der Waals surface area (Å²) < 4.78 is 34.9. The molecule has 8 heteroatoms. The van der Waals surface area contributed by atoms with E-state index in [2.05, 4.69) is 26.7 Å². The van der Waals surface area contributed by atoms with Crippen LogP contribution in [0.4, 0.5) is 0 Å². The lowest BCUT2D eigenvalue weighted by Crippen LogP contribution is -2.46. The molecular weight excluding hydrogens is 406 g/mol. The molecule has 0 bridgehead atoms. The van der Waals surface area contributed by atoms with E-state index in [0.717, 1.165) is 12.1 Å². The van der Waals surface area contributed by atoms with Crippen molar-refractivity contribution in [2.24, 2.45) is 0 Å². The smallest absolute Gasteiger partial charge is 0.249 e. The molecule has 3 aromatic rings. The van der Waals surface area contributed by atoms with Crippen molar-refractivity contribution >= 4 is 21.4 Å². The molecule has 2 atom stereocenters. The van der Waals surface area contributed by atoms with Gasteiger partial charge in [-0.3, -0.25) is 4.90 Å². The Bertz CT molecular complexity index is 1090. The lowest BCUT2D eigenvalue weighted by molar-refractivity contribution is 0.144. The summed E-state index contributed by atoms with van der Waals surface area (Å²) in [5, 5.41) is 4.19. The van der Waals surface area contributed by atoms with Crippen LogP contribution in [0.5, 0.6) is 5.88 Å². The van der Waals surface area contributed by atoms with E-state index in [0.29, 0.717) is 19.6 Å². The summed E-state index contributed by atoms with van der Waals surface area (Å²) >= 11 is 1.67. The molecule has 0 saturated carbocycles. The number of fused-ring (bicyclic) bond motifs is 2. The van der Waals surface area contributed by atoms with Crippen LogP contribution in [-0.2, 0) is 23.1 Å². The van der Waals surface area contributed by atoms with Crippen molar-refractivity contribution in [3.8, 4) is 5.88 Å². The first kappa shape index (κ1) is 18.7. The number of aromatic nitrogens is 1. The van der Waals surface area contributed by atoms with E-state index in [1.807, 2.05) is 30.3 Å². The monoisotopic (exact) mass is 427 g/mol. The van der Waals surface area contributed by atoms with E-state index in [9.17, 15) is 8.42 Å². The number of pyridine rings is 1. The molecule has 1 aromatic carbocycles. The number of hydrogen-bond acceptors (Lipinski definition) is 6. The first-order valence-corrected chi connectivity index (χ1v) is 11.9. The predicted octanol–water partition coefficient (Wildman–Crippen LogP) is 2.98. The molecule has 2 aliphatic heterocycles. The van der Waals surface area contributed by atoms with Gasteiger partial charge in [-0.05, 0) is 40.1 Å². The summed E-state index contributed by atoms with van der Waals surface area (Å²) in [5.74, 6) is 0.204. The number of hydrogen-bond donors (Lipinski definition) is 0. The third-order valence-electron chi connectivity index (χ3n) is 5.44. The molecule has 0 aliphatic carbocycles. The highest BCUT2D eigenvalue weighted by Crippen LogP contribution is 2.36. The summed E-state index contributed by atoms with van der Waals surface area (Å²) in [6, 6.07) is 14.8. The van der Waals surface area contributed by atoms with Crippen LogP contribution in [0.15, 0.2) is 70.4 Å². The van der Waals surface area contributed by atoms with Gasteiger partial charge in [0, 0.05) is 32.4 Å². The largest absolute Gasteiger partial charge is 0.470 e. The predicted molar refractivity (Wildman–Crippen MR) is 111 cm³/mol. The SMILES string of the molecule is O=S1(=O)c2cccnc2O[C@H]2CN(Cc3ccsc3)C[C@H]2N1Cc1ccccc1. The van der Waals surface area contributed by atoms with E-state index in [-0.39, 0.29) is 22.9 Å². The van der Waals surface area contributed by atoms with Crippen LogP contribution in [0.25, 0.3) is 0 Å². The molecule has 6 nitrogen and oxygen atoms in total. The van der Waals surface area contributed by atoms with Crippen molar-refractivity contribution in [2.75, 3.05) is 13.1 Å². The van der Waals surface area contributed by atoms with Crippen LogP contribution < -0.4 is 4.74 Å². The van der Waals surface area contributed by atoms with Gasteiger partial charge in [0.05, 0.1) is 6.04 Å². The number of ether oxygens (including phenoxy) is 1. The standard InChI is InChI=1S/C21H21N3O3S2/c25-29(26)20-7-4-9-22-21(20)27-19-14-23(11-17-8-10-28-15-17)13-18(19)24(29)12-16-5-2-1-3-6-16/h1-10,15,18-19H,11-14H2/t18-,19+/m1/s1. The maximum absolute atomic E-state index is 13.6. The molecule has 0 N–H and O–H groups in total. The van der Waals surface area contributed by atoms with Gasteiger partial charge in [0.1, 0.15) is 11.0 Å². The lowest BCUT2D eigenvalue weighted by Gasteiger charge is -2.28. The van der Waals surface area contributed by atoms with E-state index < -0.39 is 10.0 Å². The number of rotatable bonds is 4. The Morgan fingerprint density at radius 3 is 2.69 bits per heavy atom. The van der Waals surface area contributed by atoms with Gasteiger partial charge < -0.3 is 4.74 Å². The number of sulfonamides is 1. The van der Waals surface area contributed by atoms with Crippen molar-refractivity contribution in [2.45, 2.75) is 30.1 Å². The summed E-state index contributed by atoms with van der Waals surface area (Å²) in [6.07, 6.45) is 1.32. The highest BCUT2D eigenvalue weighted by atomic mass is 32.2. The third kappa shape index (κ3) is 3.57. The molecular formula is C21H21N3O3S2. The Morgan fingerprint density at radius 2 is 1.90 bits per heavy atom. The Kier molecular flexibility index (Phi) is 4.87. The molecule has 0 amide bonds. The van der Waals surface area contributed by atoms with Crippen molar-refractivity contribution in [1.82, 2.24) is 14.2 Å². The molecule has 1 saturated heterocycles. The van der Waals surface area contributed by atoms with E-state index in [1.165, 1.54) is 5.56 Å². The van der Waals surface area contributed by atoms with Gasteiger partial charge in [-0.25, -0.2) is 13.4 Å².